The molecule has 1 spiro atoms. The van der Waals surface area contributed by atoms with Gasteiger partial charge in [0, 0.05) is 18.0 Å². The molecule has 2 saturated heterocycles. The SMILES string of the molecule is C[C@@H]1CC2(COCC(=O)N2)C(Cc2cccc(-c3ccccc3CCCC(=O)O)c2F)N1C(=O)OCc1ccccc1. The molecule has 3 aromatic rings. The molecule has 3 aromatic carbocycles. The van der Waals surface area contributed by atoms with Gasteiger partial charge in [0.1, 0.15) is 19.0 Å². The quantitative estimate of drug-likeness (QED) is 0.367. The van der Waals surface area contributed by atoms with Crippen molar-refractivity contribution in [3.05, 3.63) is 95.3 Å². The lowest BCUT2D eigenvalue weighted by Gasteiger charge is -2.41. The predicted octanol–water partition coefficient (Wildman–Crippen LogP) is 5.13. The molecular weight excluding hydrogens is 539 g/mol. The average molecular weight is 575 g/mol. The van der Waals surface area contributed by atoms with Gasteiger partial charge in [-0.15, -0.1) is 0 Å². The fourth-order valence-corrected chi connectivity index (χ4v) is 6.28. The van der Waals surface area contributed by atoms with Crippen LogP contribution in [0.4, 0.5) is 9.18 Å². The number of benzene rings is 3. The van der Waals surface area contributed by atoms with Crippen LogP contribution in [0.5, 0.6) is 0 Å². The number of amides is 2. The highest BCUT2D eigenvalue weighted by Crippen LogP contribution is 2.39. The maximum atomic E-state index is 16.3. The Labute approximate surface area is 244 Å². The number of carboxylic acid groups (broad SMARTS) is 1. The third-order valence-electron chi connectivity index (χ3n) is 8.14. The summed E-state index contributed by atoms with van der Waals surface area (Å²) in [6.45, 7) is 2.12. The molecule has 5 rings (SSSR count). The number of carboxylic acids is 1. The molecule has 0 aliphatic carbocycles. The predicted molar refractivity (Wildman–Crippen MR) is 154 cm³/mol. The Balaban J connectivity index is 1.45. The van der Waals surface area contributed by atoms with E-state index in [2.05, 4.69) is 5.32 Å². The fourth-order valence-electron chi connectivity index (χ4n) is 6.28. The molecule has 0 radical (unpaired) electrons. The Morgan fingerprint density at radius 2 is 1.76 bits per heavy atom. The first-order valence-corrected chi connectivity index (χ1v) is 14.2. The number of nitrogens with one attached hydrogen (secondary N) is 1. The zero-order valence-electron chi connectivity index (χ0n) is 23.6. The van der Waals surface area contributed by atoms with Crippen molar-refractivity contribution in [1.82, 2.24) is 10.2 Å². The molecule has 2 N–H and O–H groups in total. The largest absolute Gasteiger partial charge is 0.481 e. The van der Waals surface area contributed by atoms with Gasteiger partial charge in [-0.1, -0.05) is 72.8 Å². The van der Waals surface area contributed by atoms with Crippen LogP contribution in [0.25, 0.3) is 11.1 Å². The molecule has 2 amide bonds. The van der Waals surface area contributed by atoms with E-state index in [4.69, 9.17) is 14.6 Å². The minimum Gasteiger partial charge on any atom is -0.481 e. The number of aliphatic carboxylic acids is 1. The molecule has 3 atom stereocenters. The van der Waals surface area contributed by atoms with Gasteiger partial charge in [-0.25, -0.2) is 9.18 Å². The molecule has 0 aromatic heterocycles. The van der Waals surface area contributed by atoms with E-state index in [-0.39, 0.29) is 44.6 Å². The first kappa shape index (κ1) is 29.3. The van der Waals surface area contributed by atoms with Crippen LogP contribution in [0.1, 0.15) is 42.9 Å². The van der Waals surface area contributed by atoms with Crippen molar-refractivity contribution >= 4 is 18.0 Å². The summed E-state index contributed by atoms with van der Waals surface area (Å²) in [4.78, 5) is 38.7. The normalized spacial score (nSPS) is 21.8. The topological polar surface area (TPSA) is 105 Å². The molecule has 2 fully saturated rings. The van der Waals surface area contributed by atoms with Crippen molar-refractivity contribution in [3.63, 3.8) is 0 Å². The Hall–Kier alpha value is -4.24. The van der Waals surface area contributed by atoms with Crippen molar-refractivity contribution in [2.45, 2.75) is 63.3 Å². The summed E-state index contributed by atoms with van der Waals surface area (Å²) in [6.07, 6.45) is 1.01. The fraction of sp³-hybridized carbons (Fsp3) is 0.364. The number of aryl methyl sites for hydroxylation is 1. The number of nitrogens with zero attached hydrogens (tertiary/aromatic N) is 1. The number of hydrogen-bond donors (Lipinski definition) is 2. The highest BCUT2D eigenvalue weighted by molar-refractivity contribution is 5.80. The second-order valence-corrected chi connectivity index (χ2v) is 11.1. The monoisotopic (exact) mass is 574 g/mol. The van der Waals surface area contributed by atoms with Crippen molar-refractivity contribution in [1.29, 1.82) is 0 Å². The molecule has 2 aliphatic heterocycles. The highest BCUT2D eigenvalue weighted by Gasteiger charge is 2.55. The maximum absolute atomic E-state index is 16.3. The van der Waals surface area contributed by atoms with E-state index in [1.54, 1.807) is 23.1 Å². The molecule has 9 heteroatoms. The van der Waals surface area contributed by atoms with E-state index >= 15 is 4.39 Å². The zero-order valence-corrected chi connectivity index (χ0v) is 23.6. The van der Waals surface area contributed by atoms with Crippen LogP contribution < -0.4 is 5.32 Å². The molecule has 0 bridgehead atoms. The Kier molecular flexibility index (Phi) is 8.87. The molecule has 2 unspecified atom stereocenters. The highest BCUT2D eigenvalue weighted by atomic mass is 19.1. The van der Waals surface area contributed by atoms with Crippen LogP contribution in [0.2, 0.25) is 0 Å². The third kappa shape index (κ3) is 6.31. The molecule has 8 nitrogen and oxygen atoms in total. The minimum atomic E-state index is -0.891. The number of carbonyl (C=O) groups is 3. The summed E-state index contributed by atoms with van der Waals surface area (Å²) in [5.41, 5.74) is 2.31. The Bertz CT molecular complexity index is 1450. The van der Waals surface area contributed by atoms with Crippen molar-refractivity contribution in [2.75, 3.05) is 13.2 Å². The van der Waals surface area contributed by atoms with Crippen LogP contribution in [-0.2, 0) is 38.5 Å². The van der Waals surface area contributed by atoms with Crippen molar-refractivity contribution < 1.29 is 33.4 Å². The lowest BCUT2D eigenvalue weighted by molar-refractivity contribution is -0.137. The van der Waals surface area contributed by atoms with Gasteiger partial charge in [-0.2, -0.15) is 0 Å². The van der Waals surface area contributed by atoms with E-state index in [0.29, 0.717) is 36.0 Å². The number of halogens is 1. The first-order valence-electron chi connectivity index (χ1n) is 14.2. The number of rotatable bonds is 9. The van der Waals surface area contributed by atoms with Gasteiger partial charge >= 0.3 is 12.1 Å². The molecular formula is C33H35FN2O6. The number of carbonyl (C=O) groups excluding carboxylic acids is 2. The molecule has 42 heavy (non-hydrogen) atoms. The number of ether oxygens (including phenoxy) is 2. The van der Waals surface area contributed by atoms with Gasteiger partial charge in [-0.3, -0.25) is 14.5 Å². The van der Waals surface area contributed by atoms with Crippen LogP contribution in [0, 0.1) is 5.82 Å². The van der Waals surface area contributed by atoms with Crippen LogP contribution in [0.3, 0.4) is 0 Å². The van der Waals surface area contributed by atoms with E-state index in [9.17, 15) is 14.4 Å². The Morgan fingerprint density at radius 3 is 2.52 bits per heavy atom. The molecule has 2 heterocycles. The van der Waals surface area contributed by atoms with Crippen molar-refractivity contribution in [2.24, 2.45) is 0 Å². The molecule has 0 saturated carbocycles. The van der Waals surface area contributed by atoms with E-state index in [1.807, 2.05) is 61.5 Å². The minimum absolute atomic E-state index is 0.0306. The van der Waals surface area contributed by atoms with E-state index < -0.39 is 29.5 Å². The van der Waals surface area contributed by atoms with Gasteiger partial charge in [0.15, 0.2) is 0 Å². The summed E-state index contributed by atoms with van der Waals surface area (Å²) in [7, 11) is 0. The first-order chi connectivity index (χ1) is 20.3. The van der Waals surface area contributed by atoms with E-state index in [0.717, 1.165) is 11.1 Å². The second-order valence-electron chi connectivity index (χ2n) is 11.1. The van der Waals surface area contributed by atoms with Crippen molar-refractivity contribution in [3.8, 4) is 11.1 Å². The smallest absolute Gasteiger partial charge is 0.410 e. The molecule has 2 aliphatic rings. The summed E-state index contributed by atoms with van der Waals surface area (Å²) in [6, 6.07) is 21.0. The van der Waals surface area contributed by atoms with Gasteiger partial charge < -0.3 is 19.9 Å². The number of morpholine rings is 1. The zero-order chi connectivity index (χ0) is 29.7. The summed E-state index contributed by atoms with van der Waals surface area (Å²) < 4.78 is 27.7. The van der Waals surface area contributed by atoms with Crippen LogP contribution >= 0.6 is 0 Å². The summed E-state index contributed by atoms with van der Waals surface area (Å²) in [5, 5.41) is 12.1. The number of hydrogen-bond acceptors (Lipinski definition) is 5. The number of likely N-dealkylation sites (tertiary alicyclic amines) is 1. The Morgan fingerprint density at radius 1 is 1.05 bits per heavy atom. The maximum Gasteiger partial charge on any atom is 0.410 e. The molecule has 220 valence electrons. The average Bonchev–Trinajstić information content (AvgIpc) is 3.22. The third-order valence-corrected chi connectivity index (χ3v) is 8.14. The lowest BCUT2D eigenvalue weighted by atomic mass is 9.84. The van der Waals surface area contributed by atoms with Crippen LogP contribution in [0.15, 0.2) is 72.8 Å². The lowest BCUT2D eigenvalue weighted by Crippen LogP contribution is -2.64. The summed E-state index contributed by atoms with van der Waals surface area (Å²) >= 11 is 0. The van der Waals surface area contributed by atoms with Crippen LogP contribution in [-0.4, -0.2) is 58.8 Å². The van der Waals surface area contributed by atoms with E-state index in [1.165, 1.54) is 0 Å². The second kappa shape index (κ2) is 12.7. The summed E-state index contributed by atoms with van der Waals surface area (Å²) in [5.74, 6) is -1.56. The standard InChI is InChI=1S/C33H35FN2O6/c1-22-18-33(21-41-20-29(37)35-33)28(36(22)32(40)42-19-23-9-3-2-4-10-23)17-25-13-7-15-27(31(25)34)26-14-6-5-11-24(26)12-8-16-30(38)39/h2-7,9-11,13-15,22,28H,8,12,16-21H2,1H3,(H,35,37)(H,38,39)/t22-,28?,33?/m1/s1. The van der Waals surface area contributed by atoms with Gasteiger partial charge in [0.2, 0.25) is 5.91 Å². The van der Waals surface area contributed by atoms with Gasteiger partial charge in [0.25, 0.3) is 0 Å². The van der Waals surface area contributed by atoms with Gasteiger partial charge in [-0.05, 0) is 54.9 Å². The van der Waals surface area contributed by atoms with Gasteiger partial charge in [0.05, 0.1) is 18.2 Å².